The standard InChI is InChI=1S/C24H26N4O3S2/c29-20(25-16-7-2-3-8-17(16)28-12-5-10-21(28)30)11-13-32-14-19-26-23(31)22-15-6-1-4-9-18(15)33-24(22)27-19/h2-3,7-8H,1,4-6,9-14H2,(H,25,29)(H,26,27,31). The number of anilines is 2. The van der Waals surface area contributed by atoms with Crippen LogP contribution in [0.15, 0.2) is 29.1 Å². The number of aromatic nitrogens is 2. The molecule has 5 rings (SSSR count). The minimum Gasteiger partial charge on any atom is -0.324 e. The molecule has 2 amide bonds. The van der Waals surface area contributed by atoms with E-state index < -0.39 is 0 Å². The predicted molar refractivity (Wildman–Crippen MR) is 134 cm³/mol. The van der Waals surface area contributed by atoms with E-state index in [0.717, 1.165) is 41.6 Å². The Kier molecular flexibility index (Phi) is 6.50. The molecular weight excluding hydrogens is 456 g/mol. The van der Waals surface area contributed by atoms with Gasteiger partial charge in [-0.05, 0) is 49.8 Å². The van der Waals surface area contributed by atoms with Crippen LogP contribution in [0.25, 0.3) is 10.2 Å². The van der Waals surface area contributed by atoms with E-state index in [-0.39, 0.29) is 17.4 Å². The van der Waals surface area contributed by atoms with E-state index in [1.807, 2.05) is 24.3 Å². The molecule has 3 aromatic rings. The van der Waals surface area contributed by atoms with E-state index in [9.17, 15) is 14.4 Å². The molecule has 1 saturated heterocycles. The average molecular weight is 483 g/mol. The molecule has 2 aromatic heterocycles. The monoisotopic (exact) mass is 482 g/mol. The van der Waals surface area contributed by atoms with E-state index in [2.05, 4.69) is 10.3 Å². The van der Waals surface area contributed by atoms with Crippen LogP contribution in [0.5, 0.6) is 0 Å². The first kappa shape index (κ1) is 22.2. The van der Waals surface area contributed by atoms with Crippen LogP contribution >= 0.6 is 23.1 Å². The Bertz CT molecular complexity index is 1270. The molecule has 9 heteroatoms. The fourth-order valence-corrected chi connectivity index (χ4v) is 6.63. The van der Waals surface area contributed by atoms with Crippen LogP contribution in [0.2, 0.25) is 0 Å². The van der Waals surface area contributed by atoms with Crippen LogP contribution < -0.4 is 15.8 Å². The molecular formula is C24H26N4O3S2. The third kappa shape index (κ3) is 4.70. The van der Waals surface area contributed by atoms with Crippen molar-refractivity contribution in [3.63, 3.8) is 0 Å². The Morgan fingerprint density at radius 2 is 2.00 bits per heavy atom. The number of rotatable bonds is 7. The molecule has 2 N–H and O–H groups in total. The number of amides is 2. The number of hydrogen-bond acceptors (Lipinski definition) is 6. The third-order valence-corrected chi connectivity index (χ3v) is 8.28. The van der Waals surface area contributed by atoms with Gasteiger partial charge in [-0.1, -0.05) is 12.1 Å². The van der Waals surface area contributed by atoms with Crippen molar-refractivity contribution in [1.29, 1.82) is 0 Å². The van der Waals surface area contributed by atoms with Gasteiger partial charge in [-0.25, -0.2) is 4.98 Å². The Hall–Kier alpha value is -2.65. The molecule has 1 fully saturated rings. The molecule has 0 radical (unpaired) electrons. The lowest BCUT2D eigenvalue weighted by Gasteiger charge is -2.19. The van der Waals surface area contributed by atoms with Crippen molar-refractivity contribution < 1.29 is 9.59 Å². The summed E-state index contributed by atoms with van der Waals surface area (Å²) in [7, 11) is 0. The predicted octanol–water partition coefficient (Wildman–Crippen LogP) is 4.25. The van der Waals surface area contributed by atoms with Crippen LogP contribution in [0.3, 0.4) is 0 Å². The second kappa shape index (κ2) is 9.69. The first-order valence-corrected chi connectivity index (χ1v) is 13.4. The van der Waals surface area contributed by atoms with Gasteiger partial charge in [-0.2, -0.15) is 11.8 Å². The Balaban J connectivity index is 1.17. The fourth-order valence-electron chi connectivity index (χ4n) is 4.54. The molecule has 0 saturated carbocycles. The van der Waals surface area contributed by atoms with Gasteiger partial charge >= 0.3 is 0 Å². The van der Waals surface area contributed by atoms with Crippen molar-refractivity contribution in [1.82, 2.24) is 9.97 Å². The van der Waals surface area contributed by atoms with Gasteiger partial charge in [0.1, 0.15) is 10.7 Å². The van der Waals surface area contributed by atoms with Crippen LogP contribution in [0, 0.1) is 0 Å². The number of para-hydroxylation sites is 2. The number of carbonyl (C=O) groups is 2. The zero-order valence-corrected chi connectivity index (χ0v) is 19.9. The number of hydrogen-bond donors (Lipinski definition) is 2. The van der Waals surface area contributed by atoms with E-state index in [4.69, 9.17) is 4.98 Å². The number of thioether (sulfide) groups is 1. The highest BCUT2D eigenvalue weighted by Gasteiger charge is 2.24. The van der Waals surface area contributed by atoms with Crippen molar-refractivity contribution in [3.8, 4) is 0 Å². The zero-order valence-electron chi connectivity index (χ0n) is 18.3. The summed E-state index contributed by atoms with van der Waals surface area (Å²) in [5.74, 6) is 1.83. The van der Waals surface area contributed by atoms with Crippen molar-refractivity contribution in [3.05, 3.63) is 50.9 Å². The SMILES string of the molecule is O=C(CCSCc1nc2sc3c(c2c(=O)[nH]1)CCCC3)Nc1ccccc1N1CCCC1=O. The maximum atomic E-state index is 12.7. The summed E-state index contributed by atoms with van der Waals surface area (Å²) in [6.45, 7) is 0.685. The summed E-state index contributed by atoms with van der Waals surface area (Å²) in [5.41, 5.74) is 2.58. The Morgan fingerprint density at radius 1 is 1.15 bits per heavy atom. The minimum atomic E-state index is -0.0931. The first-order valence-electron chi connectivity index (χ1n) is 11.4. The number of nitrogens with zero attached hydrogens (tertiary/aromatic N) is 2. The summed E-state index contributed by atoms with van der Waals surface area (Å²) in [4.78, 5) is 48.8. The summed E-state index contributed by atoms with van der Waals surface area (Å²) in [5, 5.41) is 3.73. The number of carbonyl (C=O) groups excluding carboxylic acids is 2. The number of aromatic amines is 1. The highest BCUT2D eigenvalue weighted by Crippen LogP contribution is 2.34. The molecule has 0 bridgehead atoms. The molecule has 2 aliphatic rings. The maximum absolute atomic E-state index is 12.7. The lowest BCUT2D eigenvalue weighted by molar-refractivity contribution is -0.117. The van der Waals surface area contributed by atoms with Gasteiger partial charge in [-0.3, -0.25) is 14.4 Å². The molecule has 0 atom stereocenters. The summed E-state index contributed by atoms with van der Waals surface area (Å²) >= 11 is 3.23. The van der Waals surface area contributed by atoms with Crippen molar-refractivity contribution >= 4 is 56.5 Å². The van der Waals surface area contributed by atoms with Gasteiger partial charge in [0.15, 0.2) is 0 Å². The van der Waals surface area contributed by atoms with Crippen LogP contribution in [0.4, 0.5) is 11.4 Å². The lowest BCUT2D eigenvalue weighted by Crippen LogP contribution is -2.25. The third-order valence-electron chi connectivity index (χ3n) is 6.13. The Morgan fingerprint density at radius 3 is 2.85 bits per heavy atom. The van der Waals surface area contributed by atoms with Gasteiger partial charge in [0.2, 0.25) is 11.8 Å². The summed E-state index contributed by atoms with van der Waals surface area (Å²) in [6.07, 6.45) is 6.07. The Labute approximate surface area is 200 Å². The zero-order chi connectivity index (χ0) is 22.8. The number of nitrogens with one attached hydrogen (secondary N) is 2. The average Bonchev–Trinajstić information content (AvgIpc) is 3.40. The molecule has 1 aromatic carbocycles. The molecule has 7 nitrogen and oxygen atoms in total. The van der Waals surface area contributed by atoms with Gasteiger partial charge in [0.25, 0.3) is 5.56 Å². The summed E-state index contributed by atoms with van der Waals surface area (Å²) < 4.78 is 0. The smallest absolute Gasteiger partial charge is 0.259 e. The first-order chi connectivity index (χ1) is 16.1. The van der Waals surface area contributed by atoms with Crippen molar-refractivity contribution in [2.45, 2.75) is 50.7 Å². The largest absolute Gasteiger partial charge is 0.324 e. The molecule has 33 heavy (non-hydrogen) atoms. The quantitative estimate of drug-likeness (QED) is 0.491. The fraction of sp³-hybridized carbons (Fsp3) is 0.417. The molecule has 172 valence electrons. The van der Waals surface area contributed by atoms with Gasteiger partial charge < -0.3 is 15.2 Å². The molecule has 3 heterocycles. The normalized spacial score (nSPS) is 15.8. The van der Waals surface area contributed by atoms with Crippen molar-refractivity contribution in [2.24, 2.45) is 0 Å². The molecule has 1 aliphatic heterocycles. The van der Waals surface area contributed by atoms with Crippen molar-refractivity contribution in [2.75, 3.05) is 22.5 Å². The highest BCUT2D eigenvalue weighted by molar-refractivity contribution is 7.98. The van der Waals surface area contributed by atoms with E-state index in [0.29, 0.717) is 42.4 Å². The van der Waals surface area contributed by atoms with Gasteiger partial charge in [0, 0.05) is 30.0 Å². The highest BCUT2D eigenvalue weighted by atomic mass is 32.2. The van der Waals surface area contributed by atoms with E-state index >= 15 is 0 Å². The topological polar surface area (TPSA) is 95.2 Å². The second-order valence-corrected chi connectivity index (χ2v) is 10.6. The van der Waals surface area contributed by atoms with Gasteiger partial charge in [-0.15, -0.1) is 11.3 Å². The summed E-state index contributed by atoms with van der Waals surface area (Å²) in [6, 6.07) is 7.43. The van der Waals surface area contributed by atoms with Crippen LogP contribution in [0.1, 0.15) is 48.4 Å². The number of aryl methyl sites for hydroxylation is 2. The van der Waals surface area contributed by atoms with E-state index in [1.165, 1.54) is 16.9 Å². The van der Waals surface area contributed by atoms with E-state index in [1.54, 1.807) is 28.0 Å². The minimum absolute atomic E-state index is 0.0409. The lowest BCUT2D eigenvalue weighted by atomic mass is 9.97. The van der Waals surface area contributed by atoms with Crippen LogP contribution in [-0.2, 0) is 28.2 Å². The number of benzene rings is 1. The second-order valence-electron chi connectivity index (χ2n) is 8.42. The molecule has 0 unspecified atom stereocenters. The maximum Gasteiger partial charge on any atom is 0.259 e. The number of H-pyrrole nitrogens is 1. The van der Waals surface area contributed by atoms with Crippen LogP contribution in [-0.4, -0.2) is 34.1 Å². The van der Waals surface area contributed by atoms with Gasteiger partial charge in [0.05, 0.1) is 22.5 Å². The number of fused-ring (bicyclic) bond motifs is 3. The molecule has 1 aliphatic carbocycles. The number of thiophene rings is 1. The molecule has 0 spiro atoms.